The predicted octanol–water partition coefficient (Wildman–Crippen LogP) is 5.31. The Kier molecular flexibility index (Phi) is 5.82. The quantitative estimate of drug-likeness (QED) is 0.474. The van der Waals surface area contributed by atoms with Crippen LogP contribution in [0.25, 0.3) is 0 Å². The zero-order valence-corrected chi connectivity index (χ0v) is 20.3. The lowest BCUT2D eigenvalue weighted by Crippen LogP contribution is -2.51. The van der Waals surface area contributed by atoms with Gasteiger partial charge in [0.2, 0.25) is 0 Å². The molecule has 1 unspecified atom stereocenters. The van der Waals surface area contributed by atoms with Crippen LogP contribution in [0, 0.1) is 22.7 Å². The molecule has 1 atom stereocenters. The second-order valence-electron chi connectivity index (χ2n) is 11.0. The number of allylic oxidation sites excluding steroid dienone is 2. The Balaban J connectivity index is 2.32. The van der Waals surface area contributed by atoms with Crippen molar-refractivity contribution in [3.05, 3.63) is 28.5 Å². The van der Waals surface area contributed by atoms with E-state index in [0.717, 1.165) is 0 Å². The first kappa shape index (κ1) is 24.0. The van der Waals surface area contributed by atoms with Crippen LogP contribution in [-0.4, -0.2) is 27.6 Å². The molecule has 32 heavy (non-hydrogen) atoms. The first-order chi connectivity index (χ1) is 14.6. The monoisotopic (exact) mass is 442 g/mol. The average molecular weight is 443 g/mol. The van der Waals surface area contributed by atoms with Crippen molar-refractivity contribution < 1.29 is 29.3 Å². The maximum absolute atomic E-state index is 13.6. The molecule has 0 fully saturated rings. The normalized spacial score (nSPS) is 21.5. The highest BCUT2D eigenvalue weighted by Crippen LogP contribution is 2.57. The summed E-state index contributed by atoms with van der Waals surface area (Å²) in [5, 5.41) is 21.8. The van der Waals surface area contributed by atoms with Crippen molar-refractivity contribution in [3.63, 3.8) is 0 Å². The Bertz CT molecular complexity index is 1040. The molecule has 174 valence electrons. The summed E-state index contributed by atoms with van der Waals surface area (Å²) in [6.07, 6.45) is 0.675. The fraction of sp³-hybridized carbons (Fsp3) is 0.577. The molecule has 1 aliphatic heterocycles. The van der Waals surface area contributed by atoms with Crippen LogP contribution in [0.5, 0.6) is 17.2 Å². The van der Waals surface area contributed by atoms with E-state index in [-0.39, 0.29) is 64.2 Å². The molecule has 0 amide bonds. The lowest BCUT2D eigenvalue weighted by Gasteiger charge is -2.45. The van der Waals surface area contributed by atoms with Crippen molar-refractivity contribution in [3.8, 4) is 17.2 Å². The van der Waals surface area contributed by atoms with Gasteiger partial charge in [0, 0.05) is 29.5 Å². The maximum Gasteiger partial charge on any atom is 0.175 e. The van der Waals surface area contributed by atoms with E-state index in [1.807, 2.05) is 27.7 Å². The number of benzene rings is 1. The highest BCUT2D eigenvalue weighted by Gasteiger charge is 2.57. The van der Waals surface area contributed by atoms with Crippen LogP contribution in [0.1, 0.15) is 90.1 Å². The molecule has 6 nitrogen and oxygen atoms in total. The Labute approximate surface area is 189 Å². The summed E-state index contributed by atoms with van der Waals surface area (Å²) >= 11 is 0. The number of ether oxygens (including phenoxy) is 1. The molecule has 0 saturated heterocycles. The summed E-state index contributed by atoms with van der Waals surface area (Å²) in [4.78, 5) is 39.6. The van der Waals surface area contributed by atoms with E-state index in [9.17, 15) is 24.6 Å². The van der Waals surface area contributed by atoms with E-state index in [4.69, 9.17) is 4.74 Å². The summed E-state index contributed by atoms with van der Waals surface area (Å²) in [6, 6.07) is 1.32. The second kappa shape index (κ2) is 7.75. The standard InChI is InChI=1S/C26H34O6/c1-12(2)9-14-18-17(11-16(28)20(21(18)29)15(27)10-13(3)4)32-23-19(14)22(30)25(5,6)24(31)26(23,7)8/h11-14,28-29H,9-10H2,1-8H3. The Morgan fingerprint density at radius 3 is 2.16 bits per heavy atom. The first-order valence-corrected chi connectivity index (χ1v) is 11.3. The van der Waals surface area contributed by atoms with Crippen molar-refractivity contribution in [1.82, 2.24) is 0 Å². The molecule has 0 radical (unpaired) electrons. The first-order valence-electron chi connectivity index (χ1n) is 11.3. The summed E-state index contributed by atoms with van der Waals surface area (Å²) in [7, 11) is 0. The van der Waals surface area contributed by atoms with Gasteiger partial charge in [-0.1, -0.05) is 27.7 Å². The van der Waals surface area contributed by atoms with Crippen LogP contribution in [-0.2, 0) is 9.59 Å². The molecule has 3 rings (SSSR count). The number of hydrogen-bond donors (Lipinski definition) is 2. The predicted molar refractivity (Wildman–Crippen MR) is 121 cm³/mol. The second-order valence-corrected chi connectivity index (χ2v) is 11.0. The number of rotatable bonds is 5. The summed E-state index contributed by atoms with van der Waals surface area (Å²) in [5.41, 5.74) is -1.73. The van der Waals surface area contributed by atoms with Gasteiger partial charge >= 0.3 is 0 Å². The molecule has 0 bridgehead atoms. The van der Waals surface area contributed by atoms with Gasteiger partial charge in [-0.2, -0.15) is 0 Å². The van der Waals surface area contributed by atoms with Gasteiger partial charge in [-0.15, -0.1) is 0 Å². The van der Waals surface area contributed by atoms with Crippen molar-refractivity contribution in [1.29, 1.82) is 0 Å². The van der Waals surface area contributed by atoms with Crippen LogP contribution in [0.2, 0.25) is 0 Å². The minimum absolute atomic E-state index is 0.0434. The zero-order valence-electron chi connectivity index (χ0n) is 20.3. The number of phenolic OH excluding ortho intramolecular Hbond substituents is 2. The molecular formula is C26H34O6. The fourth-order valence-corrected chi connectivity index (χ4v) is 5.04. The van der Waals surface area contributed by atoms with Crippen molar-refractivity contribution in [2.24, 2.45) is 22.7 Å². The number of aromatic hydroxyl groups is 2. The SMILES string of the molecule is CC(C)CC(=O)c1c(O)cc2c(c1O)C(CC(C)C)C1=C(O2)C(C)(C)C(=O)C(C)(C)C1=O. The molecular weight excluding hydrogens is 408 g/mol. The van der Waals surface area contributed by atoms with Gasteiger partial charge in [0.05, 0.1) is 10.8 Å². The third kappa shape index (κ3) is 3.54. The molecule has 0 saturated carbocycles. The molecule has 2 N–H and O–H groups in total. The third-order valence-corrected chi connectivity index (χ3v) is 6.53. The van der Waals surface area contributed by atoms with Crippen LogP contribution in [0.4, 0.5) is 0 Å². The molecule has 1 aromatic rings. The van der Waals surface area contributed by atoms with Crippen molar-refractivity contribution in [2.45, 2.75) is 74.1 Å². The molecule has 1 aliphatic carbocycles. The van der Waals surface area contributed by atoms with Gasteiger partial charge in [-0.05, 0) is 46.0 Å². The minimum Gasteiger partial charge on any atom is -0.507 e. The Hall–Kier alpha value is -2.63. The lowest BCUT2D eigenvalue weighted by molar-refractivity contribution is -0.144. The fourth-order valence-electron chi connectivity index (χ4n) is 5.04. The van der Waals surface area contributed by atoms with E-state index in [2.05, 4.69) is 0 Å². The van der Waals surface area contributed by atoms with Gasteiger partial charge in [-0.25, -0.2) is 0 Å². The van der Waals surface area contributed by atoms with Gasteiger partial charge < -0.3 is 14.9 Å². The van der Waals surface area contributed by atoms with Crippen molar-refractivity contribution >= 4 is 17.3 Å². The summed E-state index contributed by atoms with van der Waals surface area (Å²) < 4.78 is 6.08. The van der Waals surface area contributed by atoms with Crippen LogP contribution in [0.3, 0.4) is 0 Å². The zero-order chi connectivity index (χ0) is 24.3. The highest BCUT2D eigenvalue weighted by molar-refractivity contribution is 6.20. The number of phenols is 2. The number of carbonyl (C=O) groups is 3. The topological polar surface area (TPSA) is 101 Å². The molecule has 1 aromatic carbocycles. The molecule has 0 aromatic heterocycles. The highest BCUT2D eigenvalue weighted by atomic mass is 16.5. The molecule has 0 spiro atoms. The average Bonchev–Trinajstić information content (AvgIpc) is 2.64. The van der Waals surface area contributed by atoms with Gasteiger partial charge in [0.1, 0.15) is 28.6 Å². The number of ketones is 3. The Morgan fingerprint density at radius 2 is 1.62 bits per heavy atom. The summed E-state index contributed by atoms with van der Waals surface area (Å²) in [6.45, 7) is 14.5. The Morgan fingerprint density at radius 1 is 1.03 bits per heavy atom. The third-order valence-electron chi connectivity index (χ3n) is 6.53. The minimum atomic E-state index is -1.23. The van der Waals surface area contributed by atoms with Gasteiger partial charge in [0.15, 0.2) is 17.3 Å². The largest absolute Gasteiger partial charge is 0.507 e. The van der Waals surface area contributed by atoms with Crippen LogP contribution < -0.4 is 4.74 Å². The number of fused-ring (bicyclic) bond motifs is 1. The van der Waals surface area contributed by atoms with E-state index in [0.29, 0.717) is 17.6 Å². The molecule has 2 aliphatic rings. The smallest absolute Gasteiger partial charge is 0.175 e. The van der Waals surface area contributed by atoms with Crippen molar-refractivity contribution in [2.75, 3.05) is 0 Å². The van der Waals surface area contributed by atoms with Gasteiger partial charge in [0.25, 0.3) is 0 Å². The number of hydrogen-bond acceptors (Lipinski definition) is 6. The maximum atomic E-state index is 13.6. The van der Waals surface area contributed by atoms with E-state index in [1.165, 1.54) is 6.07 Å². The molecule has 1 heterocycles. The van der Waals surface area contributed by atoms with Crippen LogP contribution >= 0.6 is 0 Å². The van der Waals surface area contributed by atoms with E-state index >= 15 is 0 Å². The van der Waals surface area contributed by atoms with E-state index in [1.54, 1.807) is 27.7 Å². The van der Waals surface area contributed by atoms with E-state index < -0.39 is 16.7 Å². The number of carbonyl (C=O) groups excluding carboxylic acids is 3. The molecule has 6 heteroatoms. The summed E-state index contributed by atoms with van der Waals surface area (Å²) in [5.74, 6) is -1.56. The van der Waals surface area contributed by atoms with Gasteiger partial charge in [-0.3, -0.25) is 14.4 Å². The number of Topliss-reactive ketones (excluding diaryl/α,β-unsaturated/α-hetero) is 3. The lowest BCUT2D eigenvalue weighted by atomic mass is 9.59. The van der Waals surface area contributed by atoms with Crippen LogP contribution in [0.15, 0.2) is 17.4 Å².